The fraction of sp³-hybridized carbons (Fsp3) is 0.429. The van der Waals surface area contributed by atoms with Crippen LogP contribution in [0.1, 0.15) is 12.5 Å². The van der Waals surface area contributed by atoms with E-state index in [0.717, 1.165) is 24.3 Å². The van der Waals surface area contributed by atoms with E-state index in [1.54, 1.807) is 0 Å². The molecule has 1 rings (SSSR count). The van der Waals surface area contributed by atoms with E-state index in [-0.39, 0.29) is 18.9 Å². The largest absolute Gasteiger partial charge is 0.484 e. The van der Waals surface area contributed by atoms with Gasteiger partial charge in [-0.1, -0.05) is 6.92 Å². The number of carboxylic acids is 1. The van der Waals surface area contributed by atoms with Gasteiger partial charge in [-0.05, 0) is 24.3 Å². The molecule has 1 amide bonds. The van der Waals surface area contributed by atoms with Crippen LogP contribution in [0.3, 0.4) is 0 Å². The molecule has 0 aliphatic carbocycles. The monoisotopic (exact) mass is 319 g/mol. The Morgan fingerprint density at radius 3 is 2.27 bits per heavy atom. The Bertz CT molecular complexity index is 528. The van der Waals surface area contributed by atoms with E-state index in [1.165, 1.54) is 18.9 Å². The highest BCUT2D eigenvalue weighted by Crippen LogP contribution is 2.30. The molecule has 0 saturated carbocycles. The second kappa shape index (κ2) is 7.15. The van der Waals surface area contributed by atoms with Crippen LogP contribution < -0.4 is 4.74 Å². The van der Waals surface area contributed by atoms with Gasteiger partial charge in [0.1, 0.15) is 5.75 Å². The summed E-state index contributed by atoms with van der Waals surface area (Å²) in [5, 5.41) is 8.75. The lowest BCUT2D eigenvalue weighted by atomic mass is 10.2. The number of halogens is 3. The van der Waals surface area contributed by atoms with Gasteiger partial charge >= 0.3 is 12.1 Å². The van der Waals surface area contributed by atoms with Gasteiger partial charge in [0.05, 0.1) is 11.5 Å². The Balaban J connectivity index is 2.52. The van der Waals surface area contributed by atoms with E-state index in [4.69, 9.17) is 9.84 Å². The molecule has 0 radical (unpaired) electrons. The quantitative estimate of drug-likeness (QED) is 0.873. The van der Waals surface area contributed by atoms with E-state index in [9.17, 15) is 22.8 Å². The molecule has 0 aliphatic rings. The van der Waals surface area contributed by atoms with E-state index < -0.39 is 29.5 Å². The summed E-state index contributed by atoms with van der Waals surface area (Å²) in [6.07, 6.45) is -4.43. The van der Waals surface area contributed by atoms with Crippen LogP contribution in [-0.2, 0) is 15.8 Å². The van der Waals surface area contributed by atoms with Crippen molar-refractivity contribution in [3.05, 3.63) is 29.8 Å². The molecule has 0 heterocycles. The van der Waals surface area contributed by atoms with Crippen LogP contribution in [0.25, 0.3) is 0 Å². The number of carbonyl (C=O) groups is 2. The van der Waals surface area contributed by atoms with E-state index >= 15 is 0 Å². The predicted molar refractivity (Wildman–Crippen MR) is 71.4 cm³/mol. The van der Waals surface area contributed by atoms with Gasteiger partial charge in [0.2, 0.25) is 0 Å². The molecule has 1 N–H and O–H groups in total. The molecule has 122 valence electrons. The summed E-state index contributed by atoms with van der Waals surface area (Å²) >= 11 is 0. The van der Waals surface area contributed by atoms with Gasteiger partial charge in [0.15, 0.2) is 6.61 Å². The van der Waals surface area contributed by atoms with Crippen molar-refractivity contribution < 1.29 is 32.6 Å². The Morgan fingerprint density at radius 1 is 1.27 bits per heavy atom. The molecule has 5 nitrogen and oxygen atoms in total. The molecular weight excluding hydrogens is 303 g/mol. The zero-order valence-electron chi connectivity index (χ0n) is 12.1. The number of carboxylic acid groups (broad SMARTS) is 1. The van der Waals surface area contributed by atoms with Crippen molar-refractivity contribution in [2.24, 2.45) is 5.92 Å². The van der Waals surface area contributed by atoms with Gasteiger partial charge in [0, 0.05) is 13.6 Å². The number of likely N-dealkylation sites (N-methyl/N-ethyl adjacent to an activating group) is 1. The molecule has 22 heavy (non-hydrogen) atoms. The van der Waals surface area contributed by atoms with Crippen LogP contribution in [0.2, 0.25) is 0 Å². The molecule has 0 aliphatic heterocycles. The third-order valence-corrected chi connectivity index (χ3v) is 2.94. The Kier molecular flexibility index (Phi) is 5.78. The average molecular weight is 319 g/mol. The highest BCUT2D eigenvalue weighted by molar-refractivity contribution is 5.78. The summed E-state index contributed by atoms with van der Waals surface area (Å²) in [7, 11) is 1.43. The maximum atomic E-state index is 12.4. The van der Waals surface area contributed by atoms with Gasteiger partial charge in [-0.2, -0.15) is 13.2 Å². The molecule has 1 atom stereocenters. The fourth-order valence-corrected chi connectivity index (χ4v) is 1.59. The van der Waals surface area contributed by atoms with Gasteiger partial charge < -0.3 is 14.7 Å². The zero-order valence-corrected chi connectivity index (χ0v) is 12.1. The minimum Gasteiger partial charge on any atom is -0.484 e. The summed E-state index contributed by atoms with van der Waals surface area (Å²) in [5.41, 5.74) is -0.807. The van der Waals surface area contributed by atoms with Crippen LogP contribution in [0.15, 0.2) is 24.3 Å². The Morgan fingerprint density at radius 2 is 1.82 bits per heavy atom. The highest BCUT2D eigenvalue weighted by Gasteiger charge is 2.30. The number of benzene rings is 1. The van der Waals surface area contributed by atoms with Crippen LogP contribution >= 0.6 is 0 Å². The lowest BCUT2D eigenvalue weighted by Gasteiger charge is -2.19. The maximum absolute atomic E-state index is 12.4. The summed E-state index contributed by atoms with van der Waals surface area (Å²) in [4.78, 5) is 23.6. The van der Waals surface area contributed by atoms with Gasteiger partial charge in [-0.25, -0.2) is 0 Å². The average Bonchev–Trinajstić information content (AvgIpc) is 2.43. The van der Waals surface area contributed by atoms with Crippen molar-refractivity contribution in [1.82, 2.24) is 4.90 Å². The summed E-state index contributed by atoms with van der Waals surface area (Å²) in [6, 6.07) is 3.96. The minimum absolute atomic E-state index is 0.0184. The van der Waals surface area contributed by atoms with Gasteiger partial charge in [-0.3, -0.25) is 9.59 Å². The van der Waals surface area contributed by atoms with Crippen molar-refractivity contribution in [1.29, 1.82) is 0 Å². The fourth-order valence-electron chi connectivity index (χ4n) is 1.59. The van der Waals surface area contributed by atoms with E-state index in [2.05, 4.69) is 0 Å². The molecule has 1 aromatic carbocycles. The number of ether oxygens (including phenoxy) is 1. The molecule has 0 spiro atoms. The standard InChI is InChI=1S/C14H16F3NO4/c1-9(13(20)21)7-18(2)12(19)8-22-11-5-3-10(4-6-11)14(15,16)17/h3-6,9H,7-8H2,1-2H3,(H,20,21). The number of rotatable bonds is 6. The first kappa shape index (κ1) is 17.8. The third kappa shape index (κ3) is 5.27. The first-order valence-electron chi connectivity index (χ1n) is 6.38. The smallest absolute Gasteiger partial charge is 0.416 e. The molecular formula is C14H16F3NO4. The lowest BCUT2D eigenvalue weighted by molar-refractivity contribution is -0.143. The van der Waals surface area contributed by atoms with Crippen LogP contribution in [-0.4, -0.2) is 42.1 Å². The van der Waals surface area contributed by atoms with Crippen molar-refractivity contribution in [2.45, 2.75) is 13.1 Å². The molecule has 0 saturated heterocycles. The topological polar surface area (TPSA) is 66.8 Å². The molecule has 1 aromatic rings. The first-order chi connectivity index (χ1) is 10.1. The molecule has 8 heteroatoms. The number of aliphatic carboxylic acids is 1. The number of hydrogen-bond donors (Lipinski definition) is 1. The zero-order chi connectivity index (χ0) is 16.9. The number of nitrogens with zero attached hydrogens (tertiary/aromatic N) is 1. The number of hydrogen-bond acceptors (Lipinski definition) is 3. The molecule has 0 aromatic heterocycles. The first-order valence-corrected chi connectivity index (χ1v) is 6.38. The molecule has 0 fully saturated rings. The highest BCUT2D eigenvalue weighted by atomic mass is 19.4. The van der Waals surface area contributed by atoms with Crippen LogP contribution in [0, 0.1) is 5.92 Å². The van der Waals surface area contributed by atoms with Crippen molar-refractivity contribution in [2.75, 3.05) is 20.2 Å². The maximum Gasteiger partial charge on any atom is 0.416 e. The van der Waals surface area contributed by atoms with E-state index in [1.807, 2.05) is 0 Å². The Labute approximate surface area is 125 Å². The number of alkyl halides is 3. The predicted octanol–water partition coefficient (Wildman–Crippen LogP) is 2.26. The Hall–Kier alpha value is -2.25. The van der Waals surface area contributed by atoms with Crippen molar-refractivity contribution in [3.8, 4) is 5.75 Å². The van der Waals surface area contributed by atoms with Crippen molar-refractivity contribution in [3.63, 3.8) is 0 Å². The summed E-state index contributed by atoms with van der Waals surface area (Å²) in [6.45, 7) is 1.10. The second-order valence-corrected chi connectivity index (χ2v) is 4.82. The van der Waals surface area contributed by atoms with Gasteiger partial charge in [0.25, 0.3) is 5.91 Å². The second-order valence-electron chi connectivity index (χ2n) is 4.82. The molecule has 1 unspecified atom stereocenters. The number of amides is 1. The molecule has 0 bridgehead atoms. The normalized spacial score (nSPS) is 12.6. The van der Waals surface area contributed by atoms with Crippen LogP contribution in [0.4, 0.5) is 13.2 Å². The van der Waals surface area contributed by atoms with E-state index in [0.29, 0.717) is 0 Å². The van der Waals surface area contributed by atoms with Crippen LogP contribution in [0.5, 0.6) is 5.75 Å². The lowest BCUT2D eigenvalue weighted by Crippen LogP contribution is -2.36. The number of carbonyl (C=O) groups excluding carboxylic acids is 1. The third-order valence-electron chi connectivity index (χ3n) is 2.94. The minimum atomic E-state index is -4.43. The summed E-state index contributed by atoms with van der Waals surface area (Å²) < 4.78 is 42.2. The van der Waals surface area contributed by atoms with Gasteiger partial charge in [-0.15, -0.1) is 0 Å². The SMILES string of the molecule is CC(CN(C)C(=O)COc1ccc(C(F)(F)F)cc1)C(=O)O. The van der Waals surface area contributed by atoms with Crippen molar-refractivity contribution >= 4 is 11.9 Å². The summed E-state index contributed by atoms with van der Waals surface area (Å²) in [5.74, 6) is -2.09.